The third-order valence-corrected chi connectivity index (χ3v) is 2.61. The van der Waals surface area contributed by atoms with E-state index in [4.69, 9.17) is 9.47 Å². The quantitative estimate of drug-likeness (QED) is 0.702. The Balaban J connectivity index is 0.00000137. The standard InChI is InChI=1S/C14H22O2.C2H6/c1-4-5-12(2)10-16-11-13-6-8-14(15-3)9-7-13;1-2/h6-9,12H,4-5,10-11H2,1-3H3;1-2H3/t12-;/m1./s1. The fourth-order valence-corrected chi connectivity index (χ4v) is 1.68. The fourth-order valence-electron chi connectivity index (χ4n) is 1.68. The molecule has 0 unspecified atom stereocenters. The molecule has 2 nitrogen and oxygen atoms in total. The SMILES string of the molecule is CC.CCC[C@@H](C)COCc1ccc(OC)cc1. The Kier molecular flexibility index (Phi) is 10.5. The monoisotopic (exact) mass is 252 g/mol. The molecular formula is C16H28O2. The highest BCUT2D eigenvalue weighted by Crippen LogP contribution is 2.13. The van der Waals surface area contributed by atoms with Crippen molar-refractivity contribution >= 4 is 0 Å². The van der Waals surface area contributed by atoms with E-state index < -0.39 is 0 Å². The number of methoxy groups -OCH3 is 1. The lowest BCUT2D eigenvalue weighted by molar-refractivity contribution is 0.0893. The molecule has 0 aliphatic heterocycles. The average Bonchev–Trinajstić information content (AvgIpc) is 2.42. The van der Waals surface area contributed by atoms with Crippen molar-refractivity contribution in [3.05, 3.63) is 29.8 Å². The van der Waals surface area contributed by atoms with E-state index in [2.05, 4.69) is 13.8 Å². The molecule has 1 rings (SSSR count). The molecule has 1 aromatic carbocycles. The average molecular weight is 252 g/mol. The fraction of sp³-hybridized carbons (Fsp3) is 0.625. The number of ether oxygens (including phenoxy) is 2. The molecule has 0 aromatic heterocycles. The first-order valence-corrected chi connectivity index (χ1v) is 6.97. The first-order valence-electron chi connectivity index (χ1n) is 6.97. The topological polar surface area (TPSA) is 18.5 Å². The van der Waals surface area contributed by atoms with Crippen LogP contribution in [0, 0.1) is 5.92 Å². The van der Waals surface area contributed by atoms with E-state index in [1.807, 2.05) is 38.1 Å². The zero-order valence-corrected chi connectivity index (χ0v) is 12.5. The van der Waals surface area contributed by atoms with Gasteiger partial charge in [-0.15, -0.1) is 0 Å². The molecule has 2 heteroatoms. The van der Waals surface area contributed by atoms with Gasteiger partial charge in [-0.2, -0.15) is 0 Å². The van der Waals surface area contributed by atoms with Gasteiger partial charge in [-0.05, 0) is 30.0 Å². The largest absolute Gasteiger partial charge is 0.497 e. The maximum Gasteiger partial charge on any atom is 0.118 e. The molecule has 104 valence electrons. The van der Waals surface area contributed by atoms with Gasteiger partial charge in [0.2, 0.25) is 0 Å². The third kappa shape index (κ3) is 7.33. The summed E-state index contributed by atoms with van der Waals surface area (Å²) in [7, 11) is 1.68. The summed E-state index contributed by atoms with van der Waals surface area (Å²) in [5.41, 5.74) is 1.20. The summed E-state index contributed by atoms with van der Waals surface area (Å²) in [5, 5.41) is 0. The van der Waals surface area contributed by atoms with E-state index in [1.165, 1.54) is 18.4 Å². The molecule has 0 heterocycles. The molecule has 0 N–H and O–H groups in total. The van der Waals surface area contributed by atoms with Crippen LogP contribution in [0.4, 0.5) is 0 Å². The smallest absolute Gasteiger partial charge is 0.118 e. The van der Waals surface area contributed by atoms with Crippen LogP contribution in [0.25, 0.3) is 0 Å². The van der Waals surface area contributed by atoms with E-state index in [0.29, 0.717) is 12.5 Å². The molecule has 0 saturated heterocycles. The third-order valence-electron chi connectivity index (χ3n) is 2.61. The highest BCUT2D eigenvalue weighted by molar-refractivity contribution is 5.26. The van der Waals surface area contributed by atoms with Crippen LogP contribution in [0.5, 0.6) is 5.75 Å². The summed E-state index contributed by atoms with van der Waals surface area (Å²) in [6.07, 6.45) is 2.47. The van der Waals surface area contributed by atoms with Crippen LogP contribution in [-0.4, -0.2) is 13.7 Å². The predicted molar refractivity (Wildman–Crippen MR) is 78.1 cm³/mol. The van der Waals surface area contributed by atoms with Gasteiger partial charge in [0, 0.05) is 6.61 Å². The van der Waals surface area contributed by atoms with Crippen molar-refractivity contribution in [3.8, 4) is 5.75 Å². The second kappa shape index (κ2) is 11.1. The minimum atomic E-state index is 0.656. The van der Waals surface area contributed by atoms with E-state index >= 15 is 0 Å². The highest BCUT2D eigenvalue weighted by Gasteiger charge is 2.01. The van der Waals surface area contributed by atoms with Crippen molar-refractivity contribution < 1.29 is 9.47 Å². The Morgan fingerprint density at radius 3 is 2.22 bits per heavy atom. The van der Waals surface area contributed by atoms with Crippen LogP contribution in [-0.2, 0) is 11.3 Å². The van der Waals surface area contributed by atoms with Gasteiger partial charge in [-0.25, -0.2) is 0 Å². The van der Waals surface area contributed by atoms with E-state index in [-0.39, 0.29) is 0 Å². The first kappa shape index (κ1) is 17.0. The van der Waals surface area contributed by atoms with Crippen molar-refractivity contribution in [2.24, 2.45) is 5.92 Å². The molecule has 0 amide bonds. The van der Waals surface area contributed by atoms with Gasteiger partial charge in [0.05, 0.1) is 13.7 Å². The Morgan fingerprint density at radius 1 is 1.11 bits per heavy atom. The number of hydrogen-bond donors (Lipinski definition) is 0. The van der Waals surface area contributed by atoms with Gasteiger partial charge in [0.1, 0.15) is 5.75 Å². The molecule has 0 aliphatic carbocycles. The molecule has 0 radical (unpaired) electrons. The first-order chi connectivity index (χ1) is 8.76. The summed E-state index contributed by atoms with van der Waals surface area (Å²) >= 11 is 0. The van der Waals surface area contributed by atoms with E-state index in [0.717, 1.165) is 12.4 Å². The van der Waals surface area contributed by atoms with E-state index in [9.17, 15) is 0 Å². The van der Waals surface area contributed by atoms with Gasteiger partial charge in [0.25, 0.3) is 0 Å². The van der Waals surface area contributed by atoms with Crippen LogP contribution in [0.1, 0.15) is 46.1 Å². The highest BCUT2D eigenvalue weighted by atomic mass is 16.5. The van der Waals surface area contributed by atoms with Crippen molar-refractivity contribution in [1.29, 1.82) is 0 Å². The van der Waals surface area contributed by atoms with Gasteiger partial charge in [-0.3, -0.25) is 0 Å². The molecule has 0 aliphatic rings. The van der Waals surface area contributed by atoms with E-state index in [1.54, 1.807) is 7.11 Å². The van der Waals surface area contributed by atoms with Gasteiger partial charge in [0.15, 0.2) is 0 Å². The van der Waals surface area contributed by atoms with Crippen LogP contribution in [0.3, 0.4) is 0 Å². The number of rotatable bonds is 7. The van der Waals surface area contributed by atoms with Crippen molar-refractivity contribution in [3.63, 3.8) is 0 Å². The summed E-state index contributed by atoms with van der Waals surface area (Å²) in [6, 6.07) is 8.02. The maximum absolute atomic E-state index is 5.67. The summed E-state index contributed by atoms with van der Waals surface area (Å²) in [5.74, 6) is 1.55. The minimum Gasteiger partial charge on any atom is -0.497 e. The molecule has 1 aromatic rings. The van der Waals surface area contributed by atoms with Crippen LogP contribution in [0.2, 0.25) is 0 Å². The lowest BCUT2D eigenvalue weighted by Gasteiger charge is -2.10. The Hall–Kier alpha value is -1.02. The summed E-state index contributed by atoms with van der Waals surface area (Å²) < 4.78 is 10.8. The molecule has 0 spiro atoms. The molecule has 18 heavy (non-hydrogen) atoms. The second-order valence-electron chi connectivity index (χ2n) is 4.26. The predicted octanol–water partition coefficient (Wildman–Crippen LogP) is 4.67. The minimum absolute atomic E-state index is 0.656. The van der Waals surface area contributed by atoms with Gasteiger partial charge < -0.3 is 9.47 Å². The second-order valence-corrected chi connectivity index (χ2v) is 4.26. The lowest BCUT2D eigenvalue weighted by Crippen LogP contribution is -2.05. The zero-order chi connectivity index (χ0) is 13.8. The number of benzene rings is 1. The zero-order valence-electron chi connectivity index (χ0n) is 12.5. The summed E-state index contributed by atoms with van der Waals surface area (Å²) in [6.45, 7) is 9.98. The Morgan fingerprint density at radius 2 is 1.72 bits per heavy atom. The van der Waals surface area contributed by atoms with Gasteiger partial charge in [-0.1, -0.05) is 46.2 Å². The Labute approximate surface area is 112 Å². The Bertz CT molecular complexity index is 280. The normalized spacial score (nSPS) is 11.4. The molecular weight excluding hydrogens is 224 g/mol. The van der Waals surface area contributed by atoms with Crippen LogP contribution >= 0.6 is 0 Å². The maximum atomic E-state index is 5.67. The lowest BCUT2D eigenvalue weighted by atomic mass is 10.1. The van der Waals surface area contributed by atoms with Gasteiger partial charge >= 0.3 is 0 Å². The van der Waals surface area contributed by atoms with Crippen molar-refractivity contribution in [2.45, 2.75) is 47.1 Å². The van der Waals surface area contributed by atoms with Crippen molar-refractivity contribution in [2.75, 3.05) is 13.7 Å². The van der Waals surface area contributed by atoms with Crippen LogP contribution < -0.4 is 4.74 Å². The number of hydrogen-bond acceptors (Lipinski definition) is 2. The molecule has 0 bridgehead atoms. The molecule has 0 fully saturated rings. The summed E-state index contributed by atoms with van der Waals surface area (Å²) in [4.78, 5) is 0. The van der Waals surface area contributed by atoms with Crippen molar-refractivity contribution in [1.82, 2.24) is 0 Å². The van der Waals surface area contributed by atoms with Crippen LogP contribution in [0.15, 0.2) is 24.3 Å². The molecule has 1 atom stereocenters. The molecule has 0 saturated carbocycles.